The molecule has 0 aliphatic carbocycles. The topological polar surface area (TPSA) is 60.8 Å². The van der Waals surface area contributed by atoms with Gasteiger partial charge in [-0.2, -0.15) is 0 Å². The fraction of sp³-hybridized carbons (Fsp3) is 0.0303. The summed E-state index contributed by atoms with van der Waals surface area (Å²) in [5, 5.41) is 0. The summed E-state index contributed by atoms with van der Waals surface area (Å²) in [6.07, 6.45) is 3.45. The predicted molar refractivity (Wildman–Crippen MR) is 148 cm³/mol. The van der Waals surface area contributed by atoms with Crippen LogP contribution in [0.4, 0.5) is 0 Å². The van der Waals surface area contributed by atoms with Gasteiger partial charge < -0.3 is 4.74 Å². The van der Waals surface area contributed by atoms with E-state index in [9.17, 15) is 0 Å². The summed E-state index contributed by atoms with van der Waals surface area (Å²) >= 11 is 0. The minimum absolute atomic E-state index is 0.565. The molecule has 5 nitrogen and oxygen atoms in total. The molecule has 6 rings (SSSR count). The van der Waals surface area contributed by atoms with Crippen molar-refractivity contribution in [2.45, 2.75) is 6.92 Å². The van der Waals surface area contributed by atoms with Crippen molar-refractivity contribution in [2.75, 3.05) is 0 Å². The Morgan fingerprint density at radius 3 is 1.84 bits per heavy atom. The van der Waals surface area contributed by atoms with Crippen LogP contribution in [0.5, 0.6) is 11.5 Å². The van der Waals surface area contributed by atoms with Crippen LogP contribution in [0.2, 0.25) is 0 Å². The van der Waals surface area contributed by atoms with E-state index in [0.717, 1.165) is 39.2 Å². The second kappa shape index (κ2) is 10.3. The Kier molecular flexibility index (Phi) is 6.28. The molecule has 0 unspecified atom stereocenters. The van der Waals surface area contributed by atoms with Gasteiger partial charge in [0.05, 0.1) is 17.0 Å². The zero-order valence-corrected chi connectivity index (χ0v) is 20.7. The lowest BCUT2D eigenvalue weighted by atomic mass is 10.0. The molecule has 0 saturated heterocycles. The van der Waals surface area contributed by atoms with Crippen molar-refractivity contribution < 1.29 is 4.74 Å². The summed E-state index contributed by atoms with van der Waals surface area (Å²) < 4.78 is 6.02. The average Bonchev–Trinajstić information content (AvgIpc) is 2.99. The fourth-order valence-corrected chi connectivity index (χ4v) is 4.19. The molecule has 5 heteroatoms. The van der Waals surface area contributed by atoms with Gasteiger partial charge in [-0.3, -0.25) is 0 Å². The number of nitrogens with zero attached hydrogens (tertiary/aromatic N) is 4. The average molecular weight is 491 g/mol. The van der Waals surface area contributed by atoms with Crippen LogP contribution in [0, 0.1) is 19.1 Å². The van der Waals surface area contributed by atoms with Crippen molar-refractivity contribution in [3.05, 3.63) is 133 Å². The Bertz CT molecular complexity index is 1650. The van der Waals surface area contributed by atoms with E-state index in [1.54, 1.807) is 18.5 Å². The largest absolute Gasteiger partial charge is 0.448 e. The molecule has 0 bridgehead atoms. The highest BCUT2D eigenvalue weighted by atomic mass is 16.5. The Balaban J connectivity index is 1.31. The molecular formula is C33H22N4O. The first-order valence-corrected chi connectivity index (χ1v) is 12.2. The van der Waals surface area contributed by atoms with Gasteiger partial charge in [0.1, 0.15) is 5.75 Å². The van der Waals surface area contributed by atoms with E-state index >= 15 is 0 Å². The SMILES string of the molecule is Cc1c(-c2c#cc(Oc3ccc(-c4ncccn4)cc3)cc2)nc(-c2ccccc2)nc1-c1ccccc1. The van der Waals surface area contributed by atoms with E-state index in [4.69, 9.17) is 14.7 Å². The number of rotatable bonds is 6. The summed E-state index contributed by atoms with van der Waals surface area (Å²) in [5.74, 6) is 2.60. The van der Waals surface area contributed by atoms with Crippen LogP contribution in [-0.4, -0.2) is 19.9 Å². The number of hydrogen-bond donors (Lipinski definition) is 0. The van der Waals surface area contributed by atoms with Gasteiger partial charge in [0.25, 0.3) is 0 Å². The predicted octanol–water partition coefficient (Wildman–Crippen LogP) is 7.64. The summed E-state index contributed by atoms with van der Waals surface area (Å²) in [4.78, 5) is 18.4. The van der Waals surface area contributed by atoms with Gasteiger partial charge >= 0.3 is 0 Å². The number of ether oxygens (including phenoxy) is 1. The third-order valence-corrected chi connectivity index (χ3v) is 6.11. The van der Waals surface area contributed by atoms with Crippen LogP contribution in [0.15, 0.2) is 116 Å². The standard InChI is InChI=1S/C33H22N4O/c1-23-30(24-9-4-2-5-10-24)36-33(26-11-6-3-7-12-26)37-31(23)25-13-17-28(18-14-25)38-29-19-15-27(16-20-29)32-34-21-8-22-35-32/h2-13,15-17,19-22H,1H3. The molecule has 2 heterocycles. The minimum Gasteiger partial charge on any atom is -0.448 e. The molecule has 0 fully saturated rings. The van der Waals surface area contributed by atoms with Crippen LogP contribution in [0.3, 0.4) is 0 Å². The lowest BCUT2D eigenvalue weighted by Crippen LogP contribution is -2.00. The molecule has 0 saturated carbocycles. The maximum Gasteiger partial charge on any atom is 0.177 e. The Morgan fingerprint density at radius 1 is 0.553 bits per heavy atom. The van der Waals surface area contributed by atoms with Crippen molar-refractivity contribution in [2.24, 2.45) is 0 Å². The lowest BCUT2D eigenvalue weighted by Gasteiger charge is -2.13. The molecule has 0 spiro atoms. The molecule has 38 heavy (non-hydrogen) atoms. The monoisotopic (exact) mass is 490 g/mol. The first kappa shape index (κ1) is 23.1. The van der Waals surface area contributed by atoms with Crippen molar-refractivity contribution in [1.29, 1.82) is 0 Å². The molecule has 2 aromatic heterocycles. The van der Waals surface area contributed by atoms with Gasteiger partial charge in [-0.25, -0.2) is 19.9 Å². The maximum absolute atomic E-state index is 6.02. The highest BCUT2D eigenvalue weighted by Crippen LogP contribution is 2.32. The summed E-state index contributed by atoms with van der Waals surface area (Å²) in [6.45, 7) is 2.04. The molecule has 0 N–H and O–H groups in total. The summed E-state index contributed by atoms with van der Waals surface area (Å²) in [6, 6.07) is 39.9. The van der Waals surface area contributed by atoms with E-state index in [1.165, 1.54) is 0 Å². The second-order valence-electron chi connectivity index (χ2n) is 8.66. The van der Waals surface area contributed by atoms with Crippen molar-refractivity contribution >= 4 is 0 Å². The smallest absolute Gasteiger partial charge is 0.177 e. The maximum atomic E-state index is 6.02. The Labute approximate surface area is 221 Å². The molecule has 0 aliphatic heterocycles. The first-order chi connectivity index (χ1) is 18.7. The zero-order chi connectivity index (χ0) is 25.7. The number of aromatic nitrogens is 4. The molecule has 0 amide bonds. The Morgan fingerprint density at radius 2 is 1.18 bits per heavy atom. The van der Waals surface area contributed by atoms with Gasteiger partial charge in [-0.05, 0) is 55.5 Å². The van der Waals surface area contributed by atoms with E-state index in [2.05, 4.69) is 34.2 Å². The highest BCUT2D eigenvalue weighted by Gasteiger charge is 2.15. The fourth-order valence-electron chi connectivity index (χ4n) is 4.19. The third kappa shape index (κ3) is 4.84. The minimum atomic E-state index is 0.565. The van der Waals surface area contributed by atoms with Crippen LogP contribution in [0.1, 0.15) is 5.56 Å². The lowest BCUT2D eigenvalue weighted by molar-refractivity contribution is 0.483. The molecule has 6 aromatic rings. The molecule has 0 radical (unpaired) electrons. The van der Waals surface area contributed by atoms with Gasteiger partial charge in [-0.15, -0.1) is 0 Å². The summed E-state index contributed by atoms with van der Waals surface area (Å²) in [5.41, 5.74) is 6.43. The highest BCUT2D eigenvalue weighted by molar-refractivity contribution is 5.75. The molecule has 0 atom stereocenters. The molecule has 4 aromatic carbocycles. The normalized spacial score (nSPS) is 10.6. The van der Waals surface area contributed by atoms with Gasteiger partial charge in [0.15, 0.2) is 17.4 Å². The molecule has 180 valence electrons. The Hall–Kier alpha value is -5.34. The van der Waals surface area contributed by atoms with Crippen LogP contribution in [-0.2, 0) is 0 Å². The number of hydrogen-bond acceptors (Lipinski definition) is 5. The summed E-state index contributed by atoms with van der Waals surface area (Å²) in [7, 11) is 0. The second-order valence-corrected chi connectivity index (χ2v) is 8.66. The molecular weight excluding hydrogens is 468 g/mol. The zero-order valence-electron chi connectivity index (χ0n) is 20.7. The molecule has 0 aliphatic rings. The van der Waals surface area contributed by atoms with Crippen LogP contribution < -0.4 is 4.74 Å². The first-order valence-electron chi connectivity index (χ1n) is 12.2. The van der Waals surface area contributed by atoms with E-state index in [1.807, 2.05) is 91.9 Å². The quantitative estimate of drug-likeness (QED) is 0.240. The van der Waals surface area contributed by atoms with Crippen LogP contribution in [0.25, 0.3) is 45.3 Å². The van der Waals surface area contributed by atoms with Gasteiger partial charge in [-0.1, -0.05) is 66.7 Å². The van der Waals surface area contributed by atoms with E-state index in [-0.39, 0.29) is 0 Å². The van der Waals surface area contributed by atoms with Crippen molar-refractivity contribution in [1.82, 2.24) is 19.9 Å². The van der Waals surface area contributed by atoms with Crippen molar-refractivity contribution in [3.8, 4) is 56.8 Å². The number of benzene rings is 3. The van der Waals surface area contributed by atoms with E-state index < -0.39 is 0 Å². The van der Waals surface area contributed by atoms with E-state index in [0.29, 0.717) is 23.1 Å². The van der Waals surface area contributed by atoms with Gasteiger partial charge in [0, 0.05) is 34.6 Å². The van der Waals surface area contributed by atoms with Gasteiger partial charge in [0.2, 0.25) is 0 Å². The van der Waals surface area contributed by atoms with Crippen LogP contribution >= 0.6 is 0 Å². The third-order valence-electron chi connectivity index (χ3n) is 6.11. The van der Waals surface area contributed by atoms with Crippen molar-refractivity contribution in [3.63, 3.8) is 0 Å².